The van der Waals surface area contributed by atoms with Gasteiger partial charge in [0.1, 0.15) is 0 Å². The topological polar surface area (TPSA) is 69.1 Å². The first-order valence-electron chi connectivity index (χ1n) is 3.24. The van der Waals surface area contributed by atoms with E-state index < -0.39 is 5.91 Å². The molecular weight excluding hydrogens is 164 g/mol. The summed E-state index contributed by atoms with van der Waals surface area (Å²) in [6.07, 6.45) is 2.87. The number of primary amides is 1. The fraction of sp³-hybridized carbons (Fsp3) is 0.571. The van der Waals surface area contributed by atoms with Gasteiger partial charge in [0, 0.05) is 12.0 Å². The highest BCUT2D eigenvalue weighted by Gasteiger charge is 1.98. The second kappa shape index (κ2) is 9.46. The average Bonchev–Trinajstić information content (AvgIpc) is 2.03. The lowest BCUT2D eigenvalue weighted by Gasteiger charge is -1.96. The van der Waals surface area contributed by atoms with Crippen LogP contribution in [-0.2, 0) is 4.79 Å². The van der Waals surface area contributed by atoms with Crippen LogP contribution in [0.4, 0.5) is 0 Å². The molecule has 0 aliphatic rings. The standard InChI is InChI=1S/C6H12N2O.CH3Cl/c1-5(6(8)9)3-2-4-7;1-2/h1-4,7H2,(H2,8,9);1H3. The average molecular weight is 179 g/mol. The minimum absolute atomic E-state index is 0.427. The summed E-state index contributed by atoms with van der Waals surface area (Å²) in [6, 6.07) is 0. The van der Waals surface area contributed by atoms with E-state index in [1.807, 2.05) is 0 Å². The summed E-state index contributed by atoms with van der Waals surface area (Å²) in [7, 11) is 0. The van der Waals surface area contributed by atoms with Gasteiger partial charge in [-0.15, -0.1) is 11.6 Å². The van der Waals surface area contributed by atoms with Gasteiger partial charge in [0.05, 0.1) is 0 Å². The van der Waals surface area contributed by atoms with Crippen molar-refractivity contribution < 1.29 is 4.79 Å². The summed E-state index contributed by atoms with van der Waals surface area (Å²) in [5, 5.41) is 0. The minimum atomic E-state index is -0.427. The van der Waals surface area contributed by atoms with E-state index in [-0.39, 0.29) is 0 Å². The first-order valence-corrected chi connectivity index (χ1v) is 3.99. The third-order valence-corrected chi connectivity index (χ3v) is 1.03. The molecule has 0 heterocycles. The Labute approximate surface area is 72.4 Å². The Morgan fingerprint density at radius 1 is 1.55 bits per heavy atom. The van der Waals surface area contributed by atoms with Gasteiger partial charge < -0.3 is 11.5 Å². The fourth-order valence-corrected chi connectivity index (χ4v) is 0.439. The molecule has 11 heavy (non-hydrogen) atoms. The van der Waals surface area contributed by atoms with Crippen molar-refractivity contribution in [2.75, 3.05) is 12.9 Å². The molecule has 0 atom stereocenters. The summed E-state index contributed by atoms with van der Waals surface area (Å²) in [5.41, 5.74) is 10.5. The maximum atomic E-state index is 10.3. The SMILES string of the molecule is C=C(CCCN)C(N)=O.CCl. The third kappa shape index (κ3) is 9.46. The molecule has 0 aromatic rings. The number of halogens is 1. The molecular formula is C7H15ClN2O. The van der Waals surface area contributed by atoms with Gasteiger partial charge in [-0.05, 0) is 19.4 Å². The second-order valence-corrected chi connectivity index (χ2v) is 1.86. The Bertz CT molecular complexity index is 126. The van der Waals surface area contributed by atoms with Gasteiger partial charge >= 0.3 is 0 Å². The van der Waals surface area contributed by atoms with Crippen molar-refractivity contribution in [3.8, 4) is 0 Å². The maximum absolute atomic E-state index is 10.3. The first-order chi connectivity index (χ1) is 5.18. The molecule has 0 spiro atoms. The number of alkyl halides is 1. The summed E-state index contributed by atoms with van der Waals surface area (Å²) in [4.78, 5) is 10.3. The molecule has 3 nitrogen and oxygen atoms in total. The highest BCUT2D eigenvalue weighted by molar-refractivity contribution is 6.15. The van der Waals surface area contributed by atoms with E-state index in [1.54, 1.807) is 0 Å². The van der Waals surface area contributed by atoms with E-state index in [2.05, 4.69) is 18.2 Å². The van der Waals surface area contributed by atoms with Gasteiger partial charge in [0.25, 0.3) is 0 Å². The van der Waals surface area contributed by atoms with E-state index in [4.69, 9.17) is 11.5 Å². The van der Waals surface area contributed by atoms with Gasteiger partial charge in [0.2, 0.25) is 5.91 Å². The third-order valence-electron chi connectivity index (χ3n) is 1.03. The van der Waals surface area contributed by atoms with Crippen molar-refractivity contribution in [2.24, 2.45) is 11.5 Å². The van der Waals surface area contributed by atoms with Crippen LogP contribution >= 0.6 is 11.6 Å². The van der Waals surface area contributed by atoms with Gasteiger partial charge in [-0.3, -0.25) is 4.79 Å². The molecule has 4 heteroatoms. The zero-order valence-electron chi connectivity index (χ0n) is 6.77. The lowest BCUT2D eigenvalue weighted by Crippen LogP contribution is -2.13. The number of hydrogen-bond acceptors (Lipinski definition) is 2. The molecule has 0 aromatic heterocycles. The van der Waals surface area contributed by atoms with Crippen molar-refractivity contribution in [3.05, 3.63) is 12.2 Å². The van der Waals surface area contributed by atoms with Crippen molar-refractivity contribution in [1.29, 1.82) is 0 Å². The zero-order chi connectivity index (χ0) is 9.28. The summed E-state index contributed by atoms with van der Waals surface area (Å²) in [6.45, 7) is 4.04. The molecule has 0 aliphatic heterocycles. The van der Waals surface area contributed by atoms with Gasteiger partial charge in [-0.25, -0.2) is 0 Å². The fourth-order valence-electron chi connectivity index (χ4n) is 0.439. The number of hydrogen-bond donors (Lipinski definition) is 2. The molecule has 0 aliphatic carbocycles. The highest BCUT2D eigenvalue weighted by atomic mass is 35.5. The molecule has 0 radical (unpaired) electrons. The van der Waals surface area contributed by atoms with Crippen molar-refractivity contribution in [1.82, 2.24) is 0 Å². The van der Waals surface area contributed by atoms with Gasteiger partial charge in [-0.2, -0.15) is 0 Å². The predicted molar refractivity (Wildman–Crippen MR) is 48.4 cm³/mol. The molecule has 0 rings (SSSR count). The molecule has 0 saturated heterocycles. The van der Waals surface area contributed by atoms with Crippen LogP contribution in [0.2, 0.25) is 0 Å². The number of carbonyl (C=O) groups excluding carboxylic acids is 1. The lowest BCUT2D eigenvalue weighted by atomic mass is 10.1. The number of rotatable bonds is 4. The minimum Gasteiger partial charge on any atom is -0.366 e. The molecule has 0 aromatic carbocycles. The Morgan fingerprint density at radius 3 is 2.27 bits per heavy atom. The van der Waals surface area contributed by atoms with Crippen molar-refractivity contribution in [2.45, 2.75) is 12.8 Å². The van der Waals surface area contributed by atoms with Crippen LogP contribution in [0.3, 0.4) is 0 Å². The van der Waals surface area contributed by atoms with Gasteiger partial charge in [0.15, 0.2) is 0 Å². The molecule has 0 fully saturated rings. The Hall–Kier alpha value is -0.540. The van der Waals surface area contributed by atoms with Crippen LogP contribution in [0.5, 0.6) is 0 Å². The predicted octanol–water partition coefficient (Wildman–Crippen LogP) is 0.622. The molecule has 0 bridgehead atoms. The van der Waals surface area contributed by atoms with Crippen LogP contribution in [0, 0.1) is 0 Å². The van der Waals surface area contributed by atoms with E-state index in [0.29, 0.717) is 18.5 Å². The number of carbonyl (C=O) groups is 1. The smallest absolute Gasteiger partial charge is 0.244 e. The molecule has 4 N–H and O–H groups in total. The number of nitrogens with two attached hydrogens (primary N) is 2. The number of amides is 1. The van der Waals surface area contributed by atoms with Crippen LogP contribution in [0.1, 0.15) is 12.8 Å². The summed E-state index contributed by atoms with van der Waals surface area (Å²) >= 11 is 4.64. The van der Waals surface area contributed by atoms with Crippen LogP contribution in [0.15, 0.2) is 12.2 Å². The van der Waals surface area contributed by atoms with Crippen molar-refractivity contribution in [3.63, 3.8) is 0 Å². The maximum Gasteiger partial charge on any atom is 0.244 e. The van der Waals surface area contributed by atoms with Crippen LogP contribution in [-0.4, -0.2) is 18.8 Å². The Balaban J connectivity index is 0. The quantitative estimate of drug-likeness (QED) is 0.490. The molecule has 0 saturated carbocycles. The van der Waals surface area contributed by atoms with E-state index in [9.17, 15) is 4.79 Å². The summed E-state index contributed by atoms with van der Waals surface area (Å²) in [5.74, 6) is -0.427. The van der Waals surface area contributed by atoms with E-state index in [1.165, 1.54) is 6.38 Å². The molecule has 0 unspecified atom stereocenters. The van der Waals surface area contributed by atoms with E-state index in [0.717, 1.165) is 6.42 Å². The van der Waals surface area contributed by atoms with Crippen molar-refractivity contribution >= 4 is 17.5 Å². The Kier molecular flexibility index (Phi) is 11.2. The second-order valence-electron chi connectivity index (χ2n) is 1.86. The van der Waals surface area contributed by atoms with E-state index >= 15 is 0 Å². The molecule has 66 valence electrons. The monoisotopic (exact) mass is 178 g/mol. The lowest BCUT2D eigenvalue weighted by molar-refractivity contribution is -0.114. The van der Waals surface area contributed by atoms with Crippen LogP contribution < -0.4 is 11.5 Å². The van der Waals surface area contributed by atoms with Gasteiger partial charge in [-0.1, -0.05) is 6.58 Å². The Morgan fingerprint density at radius 2 is 2.00 bits per heavy atom. The zero-order valence-corrected chi connectivity index (χ0v) is 7.53. The first kappa shape index (κ1) is 13.1. The largest absolute Gasteiger partial charge is 0.366 e. The normalized spacial score (nSPS) is 7.91. The van der Waals surface area contributed by atoms with Crippen LogP contribution in [0.25, 0.3) is 0 Å². The highest BCUT2D eigenvalue weighted by Crippen LogP contribution is 1.98. The summed E-state index contributed by atoms with van der Waals surface area (Å²) < 4.78 is 0. The molecule has 1 amide bonds.